The Morgan fingerprint density at radius 3 is 2.50 bits per heavy atom. The van der Waals surface area contributed by atoms with Crippen molar-refractivity contribution < 1.29 is 9.90 Å². The van der Waals surface area contributed by atoms with Crippen molar-refractivity contribution in [2.75, 3.05) is 5.32 Å². The summed E-state index contributed by atoms with van der Waals surface area (Å²) in [7, 11) is 0. The van der Waals surface area contributed by atoms with Crippen molar-refractivity contribution in [3.8, 4) is 0 Å². The summed E-state index contributed by atoms with van der Waals surface area (Å²) in [4.78, 5) is 15.9. The number of nitrogens with one attached hydrogen (secondary N) is 1. The van der Waals surface area contributed by atoms with Gasteiger partial charge in [-0.25, -0.2) is 9.78 Å². The van der Waals surface area contributed by atoms with Gasteiger partial charge in [0, 0.05) is 11.8 Å². The number of rotatable bonds is 5. The van der Waals surface area contributed by atoms with Crippen LogP contribution >= 0.6 is 0 Å². The topological polar surface area (TPSA) is 62.2 Å². The van der Waals surface area contributed by atoms with E-state index in [9.17, 15) is 9.90 Å². The molecule has 0 aliphatic rings. The maximum Gasteiger partial charge on any atom is 0.326 e. The van der Waals surface area contributed by atoms with Crippen molar-refractivity contribution in [1.82, 2.24) is 4.98 Å². The third-order valence-electron chi connectivity index (χ3n) is 3.50. The van der Waals surface area contributed by atoms with Crippen molar-refractivity contribution in [2.24, 2.45) is 0 Å². The summed E-state index contributed by atoms with van der Waals surface area (Å²) in [5.74, 6) is -0.319. The lowest BCUT2D eigenvalue weighted by Gasteiger charge is -2.15. The zero-order valence-corrected chi connectivity index (χ0v) is 11.9. The minimum absolute atomic E-state index is 0.407. The second-order valence-corrected chi connectivity index (χ2v) is 5.11. The second kappa shape index (κ2) is 6.26. The van der Waals surface area contributed by atoms with Gasteiger partial charge in [0.1, 0.15) is 11.9 Å². The van der Waals surface area contributed by atoms with E-state index in [4.69, 9.17) is 0 Å². The van der Waals surface area contributed by atoms with Crippen LogP contribution in [0.2, 0.25) is 0 Å². The number of para-hydroxylation sites is 1. The van der Waals surface area contributed by atoms with E-state index < -0.39 is 12.0 Å². The first-order chi connectivity index (χ1) is 10.7. The van der Waals surface area contributed by atoms with Crippen LogP contribution in [-0.4, -0.2) is 22.1 Å². The van der Waals surface area contributed by atoms with Crippen LogP contribution in [0.25, 0.3) is 10.9 Å². The van der Waals surface area contributed by atoms with E-state index >= 15 is 0 Å². The minimum atomic E-state index is -0.890. The summed E-state index contributed by atoms with van der Waals surface area (Å²) in [6.45, 7) is 0. The standard InChI is InChI=1S/C18H16N2O2/c21-18(22)16(12-13-6-2-1-3-7-13)20-17-11-10-14-8-4-5-9-15(14)19-17/h1-11,16H,12H2,(H,19,20)(H,21,22)/t16-/m0/s1. The average Bonchev–Trinajstić information content (AvgIpc) is 2.55. The zero-order chi connectivity index (χ0) is 15.4. The lowest BCUT2D eigenvalue weighted by Crippen LogP contribution is -2.31. The van der Waals surface area contributed by atoms with E-state index in [2.05, 4.69) is 10.3 Å². The molecule has 110 valence electrons. The molecular weight excluding hydrogens is 276 g/mol. The van der Waals surface area contributed by atoms with E-state index in [0.29, 0.717) is 12.2 Å². The van der Waals surface area contributed by atoms with Crippen LogP contribution < -0.4 is 5.32 Å². The molecule has 4 heteroatoms. The fourth-order valence-corrected chi connectivity index (χ4v) is 2.37. The zero-order valence-electron chi connectivity index (χ0n) is 11.9. The lowest BCUT2D eigenvalue weighted by atomic mass is 10.1. The third-order valence-corrected chi connectivity index (χ3v) is 3.50. The quantitative estimate of drug-likeness (QED) is 0.757. The van der Waals surface area contributed by atoms with E-state index in [1.165, 1.54) is 0 Å². The van der Waals surface area contributed by atoms with Crippen LogP contribution in [-0.2, 0) is 11.2 Å². The molecule has 0 amide bonds. The molecule has 0 aliphatic heterocycles. The molecule has 2 N–H and O–H groups in total. The summed E-state index contributed by atoms with van der Waals surface area (Å²) in [6.07, 6.45) is 0.407. The SMILES string of the molecule is O=C(O)[C@H](Cc1ccccc1)Nc1ccc2ccccc2n1. The molecule has 1 atom stereocenters. The van der Waals surface area contributed by atoms with E-state index in [1.54, 1.807) is 0 Å². The Morgan fingerprint density at radius 1 is 1.00 bits per heavy atom. The van der Waals surface area contributed by atoms with Gasteiger partial charge in [-0.1, -0.05) is 48.5 Å². The molecule has 0 bridgehead atoms. The molecule has 0 saturated heterocycles. The van der Waals surface area contributed by atoms with Crippen molar-refractivity contribution >= 4 is 22.7 Å². The molecule has 0 aliphatic carbocycles. The van der Waals surface area contributed by atoms with Gasteiger partial charge in [0.15, 0.2) is 0 Å². The lowest BCUT2D eigenvalue weighted by molar-refractivity contribution is -0.137. The van der Waals surface area contributed by atoms with Gasteiger partial charge in [-0.15, -0.1) is 0 Å². The first kappa shape index (κ1) is 14.1. The third kappa shape index (κ3) is 3.23. The molecule has 3 aromatic rings. The smallest absolute Gasteiger partial charge is 0.326 e. The van der Waals surface area contributed by atoms with Crippen LogP contribution in [0.1, 0.15) is 5.56 Å². The molecular formula is C18H16N2O2. The van der Waals surface area contributed by atoms with Crippen LogP contribution in [0, 0.1) is 0 Å². The summed E-state index contributed by atoms with van der Waals surface area (Å²) >= 11 is 0. The van der Waals surface area contributed by atoms with Gasteiger partial charge in [-0.2, -0.15) is 0 Å². The largest absolute Gasteiger partial charge is 0.480 e. The molecule has 3 rings (SSSR count). The number of hydrogen-bond acceptors (Lipinski definition) is 3. The van der Waals surface area contributed by atoms with Crippen molar-refractivity contribution in [3.63, 3.8) is 0 Å². The Bertz CT molecular complexity index is 787. The molecule has 1 aromatic heterocycles. The van der Waals surface area contributed by atoms with Gasteiger partial charge < -0.3 is 10.4 Å². The highest BCUT2D eigenvalue weighted by atomic mass is 16.4. The fourth-order valence-electron chi connectivity index (χ4n) is 2.37. The number of nitrogens with zero attached hydrogens (tertiary/aromatic N) is 1. The minimum Gasteiger partial charge on any atom is -0.480 e. The van der Waals surface area contributed by atoms with Gasteiger partial charge in [-0.05, 0) is 23.8 Å². The number of carbonyl (C=O) groups is 1. The molecule has 0 spiro atoms. The normalized spacial score (nSPS) is 12.0. The van der Waals surface area contributed by atoms with Gasteiger partial charge >= 0.3 is 5.97 Å². The van der Waals surface area contributed by atoms with E-state index in [-0.39, 0.29) is 0 Å². The van der Waals surface area contributed by atoms with E-state index in [1.807, 2.05) is 66.7 Å². The highest BCUT2D eigenvalue weighted by Gasteiger charge is 2.18. The number of anilines is 1. The van der Waals surface area contributed by atoms with Crippen LogP contribution in [0.4, 0.5) is 5.82 Å². The van der Waals surface area contributed by atoms with E-state index in [0.717, 1.165) is 16.5 Å². The summed E-state index contributed by atoms with van der Waals surface area (Å²) in [5.41, 5.74) is 1.82. The number of hydrogen-bond donors (Lipinski definition) is 2. The number of benzene rings is 2. The van der Waals surface area contributed by atoms with Crippen molar-refractivity contribution in [3.05, 3.63) is 72.3 Å². The van der Waals surface area contributed by atoms with Gasteiger partial charge in [0.25, 0.3) is 0 Å². The predicted molar refractivity (Wildman–Crippen MR) is 86.9 cm³/mol. The van der Waals surface area contributed by atoms with Gasteiger partial charge in [0.05, 0.1) is 5.52 Å². The van der Waals surface area contributed by atoms with Crippen LogP contribution in [0.3, 0.4) is 0 Å². The Kier molecular flexibility index (Phi) is 4.01. The number of pyridine rings is 1. The summed E-state index contributed by atoms with van der Waals surface area (Å²) < 4.78 is 0. The Morgan fingerprint density at radius 2 is 1.73 bits per heavy atom. The van der Waals surface area contributed by atoms with Gasteiger partial charge in [0.2, 0.25) is 0 Å². The molecule has 2 aromatic carbocycles. The number of carboxylic acid groups (broad SMARTS) is 1. The van der Waals surface area contributed by atoms with Crippen molar-refractivity contribution in [2.45, 2.75) is 12.5 Å². The van der Waals surface area contributed by atoms with Crippen LogP contribution in [0.5, 0.6) is 0 Å². The van der Waals surface area contributed by atoms with Crippen molar-refractivity contribution in [1.29, 1.82) is 0 Å². The highest BCUT2D eigenvalue weighted by molar-refractivity contribution is 5.81. The average molecular weight is 292 g/mol. The fraction of sp³-hybridized carbons (Fsp3) is 0.111. The Balaban J connectivity index is 1.81. The highest BCUT2D eigenvalue weighted by Crippen LogP contribution is 2.16. The predicted octanol–water partition coefficient (Wildman–Crippen LogP) is 3.34. The summed E-state index contributed by atoms with van der Waals surface area (Å²) in [5, 5.41) is 13.5. The molecule has 0 saturated carbocycles. The first-order valence-corrected chi connectivity index (χ1v) is 7.11. The van der Waals surface area contributed by atoms with Crippen LogP contribution in [0.15, 0.2) is 66.7 Å². The molecule has 0 fully saturated rings. The number of aliphatic carboxylic acids is 1. The van der Waals surface area contributed by atoms with Gasteiger partial charge in [-0.3, -0.25) is 0 Å². The maximum absolute atomic E-state index is 11.5. The first-order valence-electron chi connectivity index (χ1n) is 7.11. The second-order valence-electron chi connectivity index (χ2n) is 5.11. The molecule has 22 heavy (non-hydrogen) atoms. The molecule has 0 unspecified atom stereocenters. The number of fused-ring (bicyclic) bond motifs is 1. The number of carboxylic acids is 1. The Labute approximate surface area is 128 Å². The number of aromatic nitrogens is 1. The monoisotopic (exact) mass is 292 g/mol. The molecule has 0 radical (unpaired) electrons. The summed E-state index contributed by atoms with van der Waals surface area (Å²) in [6, 6.07) is 20.4. The maximum atomic E-state index is 11.5. The Hall–Kier alpha value is -2.88. The molecule has 1 heterocycles. The molecule has 4 nitrogen and oxygen atoms in total.